The molecule has 0 aliphatic heterocycles. The van der Waals surface area contributed by atoms with Gasteiger partial charge in [0.1, 0.15) is 11.5 Å². The van der Waals surface area contributed by atoms with Gasteiger partial charge in [-0.2, -0.15) is 18.3 Å². The van der Waals surface area contributed by atoms with Gasteiger partial charge in [0.15, 0.2) is 0 Å². The van der Waals surface area contributed by atoms with Gasteiger partial charge >= 0.3 is 6.18 Å². The van der Waals surface area contributed by atoms with E-state index in [1.165, 1.54) is 36.4 Å². The van der Waals surface area contributed by atoms with E-state index in [0.717, 1.165) is 12.1 Å². The van der Waals surface area contributed by atoms with Crippen molar-refractivity contribution in [2.75, 3.05) is 5.32 Å². The highest BCUT2D eigenvalue weighted by Gasteiger charge is 2.37. The molecule has 3 aromatic rings. The minimum Gasteiger partial charge on any atom is -0.326 e. The molecule has 0 saturated carbocycles. The van der Waals surface area contributed by atoms with Crippen LogP contribution >= 0.6 is 0 Å². The number of aromatic amines is 1. The number of amides is 1. The lowest BCUT2D eigenvalue weighted by molar-refractivity contribution is -0.141. The Hall–Kier alpha value is -3.25. The number of sulfonamides is 1. The molecule has 12 heteroatoms. The van der Waals surface area contributed by atoms with E-state index in [2.05, 4.69) is 10.4 Å². The van der Waals surface area contributed by atoms with E-state index in [-0.39, 0.29) is 40.2 Å². The topological polar surface area (TPSA) is 118 Å². The van der Waals surface area contributed by atoms with Gasteiger partial charge in [-0.25, -0.2) is 17.9 Å². The van der Waals surface area contributed by atoms with Gasteiger partial charge in [-0.05, 0) is 55.0 Å². The van der Waals surface area contributed by atoms with E-state index in [1.54, 1.807) is 0 Å². The second-order valence-electron chi connectivity index (χ2n) is 6.55. The third-order valence-electron chi connectivity index (χ3n) is 4.34. The molecule has 164 valence electrons. The second kappa shape index (κ2) is 8.47. The lowest BCUT2D eigenvalue weighted by Gasteiger charge is -2.10. The lowest BCUT2D eigenvalue weighted by atomic mass is 10.0. The van der Waals surface area contributed by atoms with E-state index in [1.807, 2.05) is 5.10 Å². The normalized spacial score (nSPS) is 12.0. The molecule has 0 aliphatic rings. The number of halogens is 4. The molecule has 0 aliphatic carbocycles. The fourth-order valence-corrected chi connectivity index (χ4v) is 3.39. The van der Waals surface area contributed by atoms with Gasteiger partial charge in [-0.3, -0.25) is 9.89 Å². The van der Waals surface area contributed by atoms with Crippen LogP contribution in [0.5, 0.6) is 0 Å². The summed E-state index contributed by atoms with van der Waals surface area (Å²) in [6.07, 6.45) is -5.33. The summed E-state index contributed by atoms with van der Waals surface area (Å²) in [6.45, 7) is 0. The quantitative estimate of drug-likeness (QED) is 0.493. The molecule has 7 nitrogen and oxygen atoms in total. The summed E-state index contributed by atoms with van der Waals surface area (Å²) in [4.78, 5) is 12.1. The molecule has 0 spiro atoms. The van der Waals surface area contributed by atoms with Gasteiger partial charge in [0.25, 0.3) is 0 Å². The maximum Gasteiger partial charge on any atom is 0.433 e. The van der Waals surface area contributed by atoms with Gasteiger partial charge in [0.2, 0.25) is 15.9 Å². The van der Waals surface area contributed by atoms with E-state index < -0.39 is 33.6 Å². The zero-order valence-electron chi connectivity index (χ0n) is 15.7. The monoisotopic (exact) mass is 456 g/mol. The summed E-state index contributed by atoms with van der Waals surface area (Å²) in [5.41, 5.74) is -0.824. The Labute approximate surface area is 174 Å². The van der Waals surface area contributed by atoms with Gasteiger partial charge in [0, 0.05) is 23.2 Å². The number of aromatic nitrogens is 2. The first-order valence-corrected chi connectivity index (χ1v) is 10.3. The molecular weight excluding hydrogens is 440 g/mol. The van der Waals surface area contributed by atoms with Crippen LogP contribution in [0.25, 0.3) is 11.3 Å². The molecule has 4 N–H and O–H groups in total. The smallest absolute Gasteiger partial charge is 0.326 e. The van der Waals surface area contributed by atoms with Gasteiger partial charge in [-0.1, -0.05) is 0 Å². The number of nitrogens with zero attached hydrogens (tertiary/aromatic N) is 1. The molecular formula is C19H16F4N4O3S. The van der Waals surface area contributed by atoms with Crippen molar-refractivity contribution < 1.29 is 30.8 Å². The molecule has 31 heavy (non-hydrogen) atoms. The van der Waals surface area contributed by atoms with Crippen LogP contribution in [0.4, 0.5) is 23.2 Å². The van der Waals surface area contributed by atoms with Crippen LogP contribution in [0, 0.1) is 5.82 Å². The molecule has 1 amide bonds. The number of H-pyrrole nitrogens is 1. The SMILES string of the molecule is NS(=O)(=O)c1ccc(NC(=O)CCc2c(-c3ccc(F)cc3)n[nH]c2C(F)(F)F)cc1. The van der Waals surface area contributed by atoms with Crippen molar-refractivity contribution in [3.8, 4) is 11.3 Å². The Bertz CT molecular complexity index is 1190. The number of hydrogen-bond acceptors (Lipinski definition) is 4. The van der Waals surface area contributed by atoms with Crippen molar-refractivity contribution in [3.05, 3.63) is 65.6 Å². The fourth-order valence-electron chi connectivity index (χ4n) is 2.88. The van der Waals surface area contributed by atoms with Gasteiger partial charge < -0.3 is 5.32 Å². The third kappa shape index (κ3) is 5.47. The van der Waals surface area contributed by atoms with E-state index in [4.69, 9.17) is 5.14 Å². The van der Waals surface area contributed by atoms with E-state index in [9.17, 15) is 30.8 Å². The molecule has 0 saturated heterocycles. The summed E-state index contributed by atoms with van der Waals surface area (Å²) >= 11 is 0. The van der Waals surface area contributed by atoms with Crippen molar-refractivity contribution >= 4 is 21.6 Å². The summed E-state index contributed by atoms with van der Waals surface area (Å²) < 4.78 is 75.7. The van der Waals surface area contributed by atoms with Crippen LogP contribution in [0.1, 0.15) is 17.7 Å². The van der Waals surface area contributed by atoms with Crippen molar-refractivity contribution in [1.82, 2.24) is 10.2 Å². The third-order valence-corrected chi connectivity index (χ3v) is 5.27. The number of carbonyl (C=O) groups is 1. The van der Waals surface area contributed by atoms with Crippen LogP contribution in [0.2, 0.25) is 0 Å². The van der Waals surface area contributed by atoms with Crippen LogP contribution < -0.4 is 10.5 Å². The fraction of sp³-hybridized carbons (Fsp3) is 0.158. The number of nitrogens with two attached hydrogens (primary N) is 1. The number of primary sulfonamides is 1. The summed E-state index contributed by atoms with van der Waals surface area (Å²) in [5, 5.41) is 13.1. The molecule has 1 heterocycles. The maximum atomic E-state index is 13.4. The summed E-state index contributed by atoms with van der Waals surface area (Å²) in [7, 11) is -3.89. The van der Waals surface area contributed by atoms with Crippen LogP contribution in [0.15, 0.2) is 53.4 Å². The Morgan fingerprint density at radius 1 is 1.06 bits per heavy atom. The Kier molecular flexibility index (Phi) is 6.13. The number of rotatable bonds is 6. The Balaban J connectivity index is 1.78. The van der Waals surface area contributed by atoms with Crippen molar-refractivity contribution in [1.29, 1.82) is 0 Å². The predicted octanol–water partition coefficient (Wildman–Crippen LogP) is 3.45. The maximum absolute atomic E-state index is 13.4. The first-order valence-electron chi connectivity index (χ1n) is 8.78. The molecule has 0 radical (unpaired) electrons. The average molecular weight is 456 g/mol. The first kappa shape index (κ1) is 22.4. The molecule has 0 unspecified atom stereocenters. The molecule has 0 bridgehead atoms. The standard InChI is InChI=1S/C19H16F4N4O3S/c20-12-3-1-11(2-4-12)17-15(18(27-26-17)19(21,22)23)9-10-16(28)25-13-5-7-14(8-6-13)31(24,29)30/h1-8H,9-10H2,(H,25,28)(H,26,27)(H2,24,29,30). The van der Waals surface area contributed by atoms with Crippen LogP contribution in [0.3, 0.4) is 0 Å². The number of benzene rings is 2. The highest BCUT2D eigenvalue weighted by atomic mass is 32.2. The number of carbonyl (C=O) groups excluding carboxylic acids is 1. The second-order valence-corrected chi connectivity index (χ2v) is 8.11. The number of hydrogen-bond donors (Lipinski definition) is 3. The van der Waals surface area contributed by atoms with E-state index >= 15 is 0 Å². The van der Waals surface area contributed by atoms with Gasteiger partial charge in [-0.15, -0.1) is 0 Å². The highest BCUT2D eigenvalue weighted by Crippen LogP contribution is 2.35. The van der Waals surface area contributed by atoms with Crippen molar-refractivity contribution in [2.45, 2.75) is 23.9 Å². The molecule has 3 rings (SSSR count). The minimum atomic E-state index is -4.72. The number of alkyl halides is 3. The molecule has 0 atom stereocenters. The summed E-state index contributed by atoms with van der Waals surface area (Å²) in [5.74, 6) is -1.15. The van der Waals surface area contributed by atoms with Gasteiger partial charge in [0.05, 0.1) is 10.6 Å². The zero-order valence-corrected chi connectivity index (χ0v) is 16.5. The van der Waals surface area contributed by atoms with Crippen molar-refractivity contribution in [2.24, 2.45) is 5.14 Å². The van der Waals surface area contributed by atoms with Crippen LogP contribution in [-0.2, 0) is 27.4 Å². The first-order chi connectivity index (χ1) is 14.4. The number of nitrogens with one attached hydrogen (secondary N) is 2. The molecule has 2 aromatic carbocycles. The molecule has 0 fully saturated rings. The minimum absolute atomic E-state index is 0.0300. The van der Waals surface area contributed by atoms with Crippen molar-refractivity contribution in [3.63, 3.8) is 0 Å². The number of anilines is 1. The molecule has 1 aromatic heterocycles. The van der Waals surface area contributed by atoms with Crippen LogP contribution in [-0.4, -0.2) is 24.5 Å². The summed E-state index contributed by atoms with van der Waals surface area (Å²) in [6, 6.07) is 9.77. The Morgan fingerprint density at radius 3 is 2.23 bits per heavy atom. The predicted molar refractivity (Wildman–Crippen MR) is 104 cm³/mol. The Morgan fingerprint density at radius 2 is 1.68 bits per heavy atom. The largest absolute Gasteiger partial charge is 0.433 e. The van der Waals surface area contributed by atoms with E-state index in [0.29, 0.717) is 0 Å². The highest BCUT2D eigenvalue weighted by molar-refractivity contribution is 7.89. The lowest BCUT2D eigenvalue weighted by Crippen LogP contribution is -2.15. The zero-order chi connectivity index (χ0) is 22.8. The average Bonchev–Trinajstić information content (AvgIpc) is 3.11.